The summed E-state index contributed by atoms with van der Waals surface area (Å²) < 4.78 is 3.73. The van der Waals surface area contributed by atoms with E-state index in [2.05, 4.69) is 10.3 Å². The van der Waals surface area contributed by atoms with Gasteiger partial charge < -0.3 is 20.1 Å². The van der Waals surface area contributed by atoms with Crippen LogP contribution in [0.25, 0.3) is 11.2 Å². The number of rotatable bonds is 8. The van der Waals surface area contributed by atoms with Gasteiger partial charge in [-0.1, -0.05) is 35.7 Å². The van der Waals surface area contributed by atoms with Crippen LogP contribution < -0.4 is 16.6 Å². The smallest absolute Gasteiger partial charge is 0.332 e. The zero-order valence-corrected chi connectivity index (χ0v) is 20.9. The van der Waals surface area contributed by atoms with E-state index in [0.717, 1.165) is 4.57 Å². The zero-order chi connectivity index (χ0) is 26.1. The van der Waals surface area contributed by atoms with Crippen LogP contribution in [0.1, 0.15) is 37.7 Å². The number of carboxylic acids is 2. The van der Waals surface area contributed by atoms with Crippen molar-refractivity contribution in [2.45, 2.75) is 51.2 Å². The third kappa shape index (κ3) is 5.12. The lowest BCUT2D eigenvalue weighted by molar-refractivity contribution is -0.143. The van der Waals surface area contributed by atoms with Crippen LogP contribution in [0.3, 0.4) is 0 Å². The number of hydrogen-bond donors (Lipinski definition) is 3. The summed E-state index contributed by atoms with van der Waals surface area (Å²) in [5.74, 6) is -2.21. The van der Waals surface area contributed by atoms with Crippen LogP contribution in [-0.4, -0.2) is 46.9 Å². The van der Waals surface area contributed by atoms with Crippen LogP contribution >= 0.6 is 23.2 Å². The van der Waals surface area contributed by atoms with Gasteiger partial charge in [0.1, 0.15) is 0 Å². The number of hydrogen-bond acceptors (Lipinski definition) is 6. The first kappa shape index (κ1) is 25.8. The van der Waals surface area contributed by atoms with E-state index in [1.54, 1.807) is 18.2 Å². The molecule has 2 aromatic heterocycles. The Morgan fingerprint density at radius 1 is 1.14 bits per heavy atom. The highest BCUT2D eigenvalue weighted by Crippen LogP contribution is 2.28. The van der Waals surface area contributed by atoms with E-state index in [9.17, 15) is 29.4 Å². The van der Waals surface area contributed by atoms with Gasteiger partial charge >= 0.3 is 17.6 Å². The summed E-state index contributed by atoms with van der Waals surface area (Å²) in [7, 11) is 1.48. The van der Waals surface area contributed by atoms with Crippen molar-refractivity contribution in [3.63, 3.8) is 0 Å². The predicted octanol–water partition coefficient (Wildman–Crippen LogP) is 2.78. The van der Waals surface area contributed by atoms with Gasteiger partial charge in [0, 0.05) is 19.6 Å². The third-order valence-corrected chi connectivity index (χ3v) is 7.20. The average molecular weight is 538 g/mol. The first-order valence-corrected chi connectivity index (χ1v) is 12.2. The Morgan fingerprint density at radius 3 is 2.56 bits per heavy atom. The van der Waals surface area contributed by atoms with Crippen molar-refractivity contribution in [2.24, 2.45) is 13.0 Å². The van der Waals surface area contributed by atoms with Crippen molar-refractivity contribution in [2.75, 3.05) is 5.32 Å². The molecule has 11 nitrogen and oxygen atoms in total. The normalized spacial score (nSPS) is 17.9. The fourth-order valence-electron chi connectivity index (χ4n) is 4.59. The van der Waals surface area contributed by atoms with E-state index in [1.165, 1.54) is 16.2 Å². The van der Waals surface area contributed by atoms with Crippen LogP contribution in [0.5, 0.6) is 0 Å². The molecule has 192 valence electrons. The molecule has 1 aromatic carbocycles. The molecule has 4 rings (SSSR count). The van der Waals surface area contributed by atoms with Gasteiger partial charge in [-0.3, -0.25) is 23.5 Å². The number of imidazole rings is 1. The van der Waals surface area contributed by atoms with Gasteiger partial charge in [0.05, 0.1) is 28.9 Å². The molecule has 36 heavy (non-hydrogen) atoms. The Bertz CT molecular complexity index is 1460. The number of aromatic nitrogens is 4. The second-order valence-corrected chi connectivity index (χ2v) is 9.74. The lowest BCUT2D eigenvalue weighted by atomic mass is 9.86. The highest BCUT2D eigenvalue weighted by Gasteiger charge is 2.29. The molecule has 13 heteroatoms. The molecule has 0 aliphatic heterocycles. The lowest BCUT2D eigenvalue weighted by Gasteiger charge is -2.27. The second kappa shape index (κ2) is 10.4. The number of carbonyl (C=O) groups is 2. The molecule has 3 aromatic rings. The first-order chi connectivity index (χ1) is 17.1. The molecule has 0 bridgehead atoms. The quantitative estimate of drug-likeness (QED) is 0.397. The molecule has 0 radical (unpaired) electrons. The minimum atomic E-state index is -1.06. The summed E-state index contributed by atoms with van der Waals surface area (Å²) in [5, 5.41) is 22.5. The van der Waals surface area contributed by atoms with Crippen molar-refractivity contribution in [3.8, 4) is 0 Å². The maximum Gasteiger partial charge on any atom is 0.332 e. The van der Waals surface area contributed by atoms with Gasteiger partial charge in [-0.25, -0.2) is 4.79 Å². The number of halogens is 2. The molecule has 2 atom stereocenters. The highest BCUT2D eigenvalue weighted by atomic mass is 35.5. The van der Waals surface area contributed by atoms with Gasteiger partial charge in [0.25, 0.3) is 5.56 Å². The molecular formula is C23H25Cl2N5O6. The molecule has 1 saturated carbocycles. The number of carboxylic acid groups (broad SMARTS) is 2. The molecular weight excluding hydrogens is 513 g/mol. The van der Waals surface area contributed by atoms with Crippen molar-refractivity contribution in [3.05, 3.63) is 54.6 Å². The van der Waals surface area contributed by atoms with Crippen molar-refractivity contribution >= 4 is 52.3 Å². The molecule has 1 aliphatic carbocycles. The summed E-state index contributed by atoms with van der Waals surface area (Å²) in [6.07, 6.45) is 2.08. The fraction of sp³-hybridized carbons (Fsp3) is 0.435. The largest absolute Gasteiger partial charge is 0.481 e. The average Bonchev–Trinajstić information content (AvgIpc) is 3.19. The van der Waals surface area contributed by atoms with Crippen LogP contribution in [0.2, 0.25) is 10.0 Å². The molecule has 0 amide bonds. The third-order valence-electron chi connectivity index (χ3n) is 6.46. The number of aliphatic carboxylic acids is 2. The van der Waals surface area contributed by atoms with E-state index in [4.69, 9.17) is 23.2 Å². The maximum atomic E-state index is 13.5. The van der Waals surface area contributed by atoms with Crippen LogP contribution in [0.15, 0.2) is 27.8 Å². The molecule has 2 heterocycles. The Balaban J connectivity index is 1.81. The van der Waals surface area contributed by atoms with Crippen LogP contribution in [0, 0.1) is 5.92 Å². The lowest BCUT2D eigenvalue weighted by Crippen LogP contribution is -2.40. The number of aryl methyl sites for hydroxylation is 2. The maximum absolute atomic E-state index is 13.5. The van der Waals surface area contributed by atoms with Gasteiger partial charge in [-0.15, -0.1) is 0 Å². The van der Waals surface area contributed by atoms with Gasteiger partial charge in [0.2, 0.25) is 5.95 Å². The molecule has 1 fully saturated rings. The summed E-state index contributed by atoms with van der Waals surface area (Å²) in [6.45, 7) is -0.141. The van der Waals surface area contributed by atoms with E-state index in [-0.39, 0.29) is 47.7 Å². The Hall–Kier alpha value is -3.31. The molecule has 0 saturated heterocycles. The molecule has 2 unspecified atom stereocenters. The zero-order valence-electron chi connectivity index (χ0n) is 19.4. The summed E-state index contributed by atoms with van der Waals surface area (Å²) in [5.41, 5.74) is -0.464. The van der Waals surface area contributed by atoms with Crippen molar-refractivity contribution in [1.82, 2.24) is 18.7 Å². The van der Waals surface area contributed by atoms with E-state index < -0.39 is 29.1 Å². The Morgan fingerprint density at radius 2 is 1.89 bits per heavy atom. The number of benzene rings is 1. The number of nitrogens with zero attached hydrogens (tertiary/aromatic N) is 4. The van der Waals surface area contributed by atoms with Gasteiger partial charge in [-0.05, 0) is 37.0 Å². The highest BCUT2D eigenvalue weighted by molar-refractivity contribution is 6.42. The topological polar surface area (TPSA) is 148 Å². The summed E-state index contributed by atoms with van der Waals surface area (Å²) in [6, 6.07) is 4.56. The fourth-order valence-corrected chi connectivity index (χ4v) is 4.92. The van der Waals surface area contributed by atoms with Gasteiger partial charge in [-0.2, -0.15) is 4.98 Å². The van der Waals surface area contributed by atoms with E-state index >= 15 is 0 Å². The van der Waals surface area contributed by atoms with E-state index in [1.807, 2.05) is 0 Å². The number of anilines is 1. The van der Waals surface area contributed by atoms with Crippen molar-refractivity contribution < 1.29 is 19.8 Å². The monoisotopic (exact) mass is 537 g/mol. The number of nitrogens with one attached hydrogen (secondary N) is 1. The van der Waals surface area contributed by atoms with Crippen LogP contribution in [-0.2, 0) is 29.7 Å². The second-order valence-electron chi connectivity index (χ2n) is 8.93. The molecule has 1 aliphatic rings. The Labute approximate surface area is 214 Å². The van der Waals surface area contributed by atoms with Gasteiger partial charge in [0.15, 0.2) is 11.2 Å². The first-order valence-electron chi connectivity index (χ1n) is 11.4. The number of fused-ring (bicyclic) bond motifs is 1. The molecule has 3 N–H and O–H groups in total. The predicted molar refractivity (Wildman–Crippen MR) is 134 cm³/mol. The Kier molecular flexibility index (Phi) is 7.41. The SMILES string of the molecule is Cn1c(=O)n(Cc2ccc(Cl)c(Cl)c2)c(=O)c2c1nc(NC1CCCC(C(=O)O)C1)n2CCC(=O)O. The minimum Gasteiger partial charge on any atom is -0.481 e. The van der Waals surface area contributed by atoms with Crippen molar-refractivity contribution in [1.29, 1.82) is 0 Å². The molecule has 0 spiro atoms. The minimum absolute atomic E-state index is 0.0660. The summed E-state index contributed by atoms with van der Waals surface area (Å²) in [4.78, 5) is 53.9. The van der Waals surface area contributed by atoms with E-state index in [0.29, 0.717) is 36.3 Å². The standard InChI is InChI=1S/C23H25Cl2N5O6/c1-28-19-18(20(33)30(23(28)36)11-12-5-6-15(24)16(25)9-12)29(8-7-17(31)32)22(27-19)26-14-4-2-3-13(10-14)21(34)35/h5-6,9,13-14H,2-4,7-8,10-11H2,1H3,(H,26,27)(H,31,32)(H,34,35). The summed E-state index contributed by atoms with van der Waals surface area (Å²) >= 11 is 12.1. The van der Waals surface area contributed by atoms with Crippen LogP contribution in [0.4, 0.5) is 5.95 Å².